The van der Waals surface area contributed by atoms with E-state index in [1.165, 1.54) is 0 Å². The molecule has 0 atom stereocenters. The van der Waals surface area contributed by atoms with Crippen LogP contribution in [0, 0.1) is 0 Å². The third kappa shape index (κ3) is 4.24. The maximum Gasteiger partial charge on any atom is 0.254 e. The molecule has 1 heterocycles. The summed E-state index contributed by atoms with van der Waals surface area (Å²) in [5, 5.41) is 7.84. The van der Waals surface area contributed by atoms with Crippen molar-refractivity contribution in [1.82, 2.24) is 15.1 Å². The van der Waals surface area contributed by atoms with Gasteiger partial charge in [0.1, 0.15) is 0 Å². The summed E-state index contributed by atoms with van der Waals surface area (Å²) in [6.07, 6.45) is 4.02. The molecule has 1 amide bonds. The molecule has 0 saturated heterocycles. The highest BCUT2D eigenvalue weighted by Gasteiger charge is 2.09. The minimum atomic E-state index is -0.139. The molecule has 0 spiro atoms. The van der Waals surface area contributed by atoms with Gasteiger partial charge >= 0.3 is 0 Å². The van der Waals surface area contributed by atoms with Crippen molar-refractivity contribution in [2.24, 2.45) is 0 Å². The summed E-state index contributed by atoms with van der Waals surface area (Å²) in [5.41, 5.74) is 2.52. The Morgan fingerprint density at radius 3 is 2.75 bits per heavy atom. The van der Waals surface area contributed by atoms with Gasteiger partial charge in [-0.25, -0.2) is 4.68 Å². The van der Waals surface area contributed by atoms with E-state index in [4.69, 9.17) is 11.6 Å². The molecule has 0 aliphatic rings. The number of aromatic nitrogens is 2. The van der Waals surface area contributed by atoms with Crippen LogP contribution < -0.4 is 5.32 Å². The summed E-state index contributed by atoms with van der Waals surface area (Å²) in [4.78, 5) is 12.2. The van der Waals surface area contributed by atoms with Gasteiger partial charge in [-0.1, -0.05) is 39.7 Å². The molecule has 0 radical (unpaired) electrons. The first kappa shape index (κ1) is 16.7. The Morgan fingerprint density at radius 1 is 1.21 bits per heavy atom. The molecule has 0 unspecified atom stereocenters. The van der Waals surface area contributed by atoms with Crippen molar-refractivity contribution in [2.45, 2.75) is 6.42 Å². The average Bonchev–Trinajstić information content (AvgIpc) is 3.05. The zero-order chi connectivity index (χ0) is 16.9. The standard InChI is InChI=1S/C18H15BrClN3O/c19-15-4-6-17(7-5-15)23-12-14(11-22-23)18(24)21-9-8-13-2-1-3-16(20)10-13/h1-7,10-12H,8-9H2,(H,21,24). The maximum absolute atomic E-state index is 12.2. The van der Waals surface area contributed by atoms with Crippen molar-refractivity contribution < 1.29 is 4.79 Å². The van der Waals surface area contributed by atoms with E-state index < -0.39 is 0 Å². The van der Waals surface area contributed by atoms with Crippen LogP contribution in [0.2, 0.25) is 5.02 Å². The molecule has 1 N–H and O–H groups in total. The van der Waals surface area contributed by atoms with Crippen molar-refractivity contribution in [3.8, 4) is 5.69 Å². The Bertz CT molecular complexity index is 845. The second-order valence-electron chi connectivity index (χ2n) is 5.29. The van der Waals surface area contributed by atoms with Crippen LogP contribution in [-0.2, 0) is 6.42 Å². The molecule has 2 aromatic carbocycles. The van der Waals surface area contributed by atoms with Gasteiger partial charge in [-0.15, -0.1) is 0 Å². The van der Waals surface area contributed by atoms with E-state index >= 15 is 0 Å². The smallest absolute Gasteiger partial charge is 0.254 e. The minimum Gasteiger partial charge on any atom is -0.352 e. The molecule has 0 saturated carbocycles. The molecule has 1 aromatic heterocycles. The van der Waals surface area contributed by atoms with E-state index in [1.54, 1.807) is 17.1 Å². The lowest BCUT2D eigenvalue weighted by atomic mass is 10.1. The third-order valence-corrected chi connectivity index (χ3v) is 4.29. The third-order valence-electron chi connectivity index (χ3n) is 3.52. The summed E-state index contributed by atoms with van der Waals surface area (Å²) >= 11 is 9.35. The molecule has 6 heteroatoms. The monoisotopic (exact) mass is 403 g/mol. The minimum absolute atomic E-state index is 0.139. The topological polar surface area (TPSA) is 46.9 Å². The molecule has 3 aromatic rings. The van der Waals surface area contributed by atoms with Gasteiger partial charge in [-0.2, -0.15) is 5.10 Å². The molecular weight excluding hydrogens is 390 g/mol. The predicted octanol–water partition coefficient (Wildman–Crippen LogP) is 4.26. The SMILES string of the molecule is O=C(NCCc1cccc(Cl)c1)c1cnn(-c2ccc(Br)cc2)c1. The summed E-state index contributed by atoms with van der Waals surface area (Å²) in [6, 6.07) is 15.4. The number of carbonyl (C=O) groups is 1. The number of amides is 1. The fourth-order valence-electron chi connectivity index (χ4n) is 2.29. The van der Waals surface area contributed by atoms with E-state index in [0.29, 0.717) is 17.1 Å². The van der Waals surface area contributed by atoms with Crippen molar-refractivity contribution in [2.75, 3.05) is 6.54 Å². The zero-order valence-corrected chi connectivity index (χ0v) is 15.1. The van der Waals surface area contributed by atoms with Gasteiger partial charge in [0.25, 0.3) is 5.91 Å². The molecule has 3 rings (SSSR count). The molecule has 0 aliphatic carbocycles. The number of halogens is 2. The van der Waals surface area contributed by atoms with E-state index in [9.17, 15) is 4.79 Å². The normalized spacial score (nSPS) is 10.6. The van der Waals surface area contributed by atoms with Crippen LogP contribution in [0.5, 0.6) is 0 Å². The first-order chi connectivity index (χ1) is 11.6. The molecule has 24 heavy (non-hydrogen) atoms. The molecule has 0 fully saturated rings. The van der Waals surface area contributed by atoms with Gasteiger partial charge in [0, 0.05) is 22.2 Å². The van der Waals surface area contributed by atoms with Crippen molar-refractivity contribution in [3.63, 3.8) is 0 Å². The largest absolute Gasteiger partial charge is 0.352 e. The van der Waals surface area contributed by atoms with Crippen molar-refractivity contribution >= 4 is 33.4 Å². The van der Waals surface area contributed by atoms with E-state index in [2.05, 4.69) is 26.3 Å². The van der Waals surface area contributed by atoms with Gasteiger partial charge in [0.15, 0.2) is 0 Å². The van der Waals surface area contributed by atoms with Gasteiger partial charge in [-0.05, 0) is 48.4 Å². The Hall–Kier alpha value is -2.11. The lowest BCUT2D eigenvalue weighted by molar-refractivity contribution is 0.0954. The molecule has 0 aliphatic heterocycles. The van der Waals surface area contributed by atoms with Crippen LogP contribution in [0.25, 0.3) is 5.69 Å². The number of nitrogens with zero attached hydrogens (tertiary/aromatic N) is 2. The second-order valence-corrected chi connectivity index (χ2v) is 6.64. The second kappa shape index (κ2) is 7.64. The van der Waals surface area contributed by atoms with Gasteiger partial charge in [-0.3, -0.25) is 4.79 Å². The maximum atomic E-state index is 12.2. The van der Waals surface area contributed by atoms with Crippen molar-refractivity contribution in [1.29, 1.82) is 0 Å². The number of hydrogen-bond donors (Lipinski definition) is 1. The van der Waals surface area contributed by atoms with Crippen molar-refractivity contribution in [3.05, 3.63) is 81.5 Å². The van der Waals surface area contributed by atoms with Crippen LogP contribution in [-0.4, -0.2) is 22.2 Å². The highest BCUT2D eigenvalue weighted by molar-refractivity contribution is 9.10. The number of hydrogen-bond acceptors (Lipinski definition) is 2. The summed E-state index contributed by atoms with van der Waals surface area (Å²) in [6.45, 7) is 0.544. The molecule has 122 valence electrons. The summed E-state index contributed by atoms with van der Waals surface area (Å²) in [7, 11) is 0. The van der Waals surface area contributed by atoms with Gasteiger partial charge < -0.3 is 5.32 Å². The lowest BCUT2D eigenvalue weighted by Gasteiger charge is -2.04. The number of nitrogens with one attached hydrogen (secondary N) is 1. The molecule has 0 bridgehead atoms. The fraction of sp³-hybridized carbons (Fsp3) is 0.111. The predicted molar refractivity (Wildman–Crippen MR) is 98.8 cm³/mol. The first-order valence-corrected chi connectivity index (χ1v) is 8.62. The van der Waals surface area contributed by atoms with Crippen LogP contribution in [0.1, 0.15) is 15.9 Å². The quantitative estimate of drug-likeness (QED) is 0.690. The van der Waals surface area contributed by atoms with Gasteiger partial charge in [0.05, 0.1) is 17.4 Å². The number of rotatable bonds is 5. The fourth-order valence-corrected chi connectivity index (χ4v) is 2.77. The lowest BCUT2D eigenvalue weighted by Crippen LogP contribution is -2.25. The molecule has 4 nitrogen and oxygen atoms in total. The van der Waals surface area contributed by atoms with Crippen LogP contribution in [0.4, 0.5) is 0 Å². The Kier molecular flexibility index (Phi) is 5.33. The van der Waals surface area contributed by atoms with E-state index in [-0.39, 0.29) is 5.91 Å². The zero-order valence-electron chi connectivity index (χ0n) is 12.7. The Labute approximate surface area is 153 Å². The summed E-state index contributed by atoms with van der Waals surface area (Å²) < 4.78 is 2.68. The summed E-state index contributed by atoms with van der Waals surface area (Å²) in [5.74, 6) is -0.139. The van der Waals surface area contributed by atoms with E-state index in [0.717, 1.165) is 22.1 Å². The Morgan fingerprint density at radius 2 is 2.00 bits per heavy atom. The number of carbonyl (C=O) groups excluding carboxylic acids is 1. The highest BCUT2D eigenvalue weighted by atomic mass is 79.9. The molecular formula is C18H15BrClN3O. The van der Waals surface area contributed by atoms with E-state index in [1.807, 2.05) is 48.5 Å². The first-order valence-electron chi connectivity index (χ1n) is 7.45. The van der Waals surface area contributed by atoms with Crippen LogP contribution in [0.3, 0.4) is 0 Å². The van der Waals surface area contributed by atoms with Crippen LogP contribution in [0.15, 0.2) is 65.4 Å². The highest BCUT2D eigenvalue weighted by Crippen LogP contribution is 2.14. The van der Waals surface area contributed by atoms with Gasteiger partial charge in [0.2, 0.25) is 0 Å². The Balaban J connectivity index is 1.58. The average molecular weight is 405 g/mol. The number of benzene rings is 2. The van der Waals surface area contributed by atoms with Crippen LogP contribution >= 0.6 is 27.5 Å².